The Balaban J connectivity index is 4.48. The van der Waals surface area contributed by atoms with Gasteiger partial charge in [0.2, 0.25) is 0 Å². The molecule has 5 heteroatoms. The van der Waals surface area contributed by atoms with Gasteiger partial charge in [-0.05, 0) is 0 Å². The third-order valence-corrected chi connectivity index (χ3v) is 4.36. The zero-order valence-corrected chi connectivity index (χ0v) is 8.04. The number of hydrogen-bond donors (Lipinski definition) is 0. The van der Waals surface area contributed by atoms with Gasteiger partial charge in [-0.2, -0.15) is 0 Å². The molecule has 0 aliphatic heterocycles. The first-order chi connectivity index (χ1) is 4.85. The first-order valence-electron chi connectivity index (χ1n) is 3.78. The van der Waals surface area contributed by atoms with Crippen LogP contribution in [0.4, 0.5) is 12.6 Å². The van der Waals surface area contributed by atoms with Gasteiger partial charge in [0, 0.05) is 0 Å². The summed E-state index contributed by atoms with van der Waals surface area (Å²) in [6.45, 7) is 4.42. The standard InChI is InChI=1S/C6H15F3NP/c1-4-10(5-2)11(7,8,9)6-3/h4-6H2,1-3H3. The number of rotatable bonds is 4. The summed E-state index contributed by atoms with van der Waals surface area (Å²) in [4.78, 5) is 0. The molecule has 0 aromatic rings. The maximum atomic E-state index is 12.9. The molecule has 0 aliphatic rings. The molecule has 0 N–H and O–H groups in total. The predicted octanol–water partition coefficient (Wildman–Crippen LogP) is 3.47. The van der Waals surface area contributed by atoms with E-state index in [1.807, 2.05) is 0 Å². The van der Waals surface area contributed by atoms with E-state index in [0.717, 1.165) is 0 Å². The Labute approximate surface area is 65.9 Å². The van der Waals surface area contributed by atoms with Crippen molar-refractivity contribution in [2.45, 2.75) is 20.8 Å². The molecule has 1 nitrogen and oxygen atoms in total. The summed E-state index contributed by atoms with van der Waals surface area (Å²) in [5, 5.41) is 0. The van der Waals surface area contributed by atoms with Crippen LogP contribution in [0, 0.1) is 0 Å². The van der Waals surface area contributed by atoms with Crippen LogP contribution in [0.25, 0.3) is 0 Å². The SMILES string of the molecule is CCN(CC)P(F)(F)(F)CC. The molecule has 11 heavy (non-hydrogen) atoms. The molecule has 0 radical (unpaired) electrons. The molecule has 70 valence electrons. The monoisotopic (exact) mass is 189 g/mol. The Morgan fingerprint density at radius 1 is 1.00 bits per heavy atom. The van der Waals surface area contributed by atoms with Gasteiger partial charge in [0.15, 0.2) is 0 Å². The molecule has 0 rings (SSSR count). The number of hydrogen-bond acceptors (Lipinski definition) is 1. The quantitative estimate of drug-likeness (QED) is 0.612. The van der Waals surface area contributed by atoms with E-state index in [4.69, 9.17) is 0 Å². The fraction of sp³-hybridized carbons (Fsp3) is 1.00. The molecule has 0 fully saturated rings. The van der Waals surface area contributed by atoms with Gasteiger partial charge in [0.05, 0.1) is 0 Å². The number of halogens is 3. The molecule has 0 aromatic heterocycles. The second-order valence-corrected chi connectivity index (χ2v) is 5.41. The van der Waals surface area contributed by atoms with Gasteiger partial charge in [-0.25, -0.2) is 0 Å². The van der Waals surface area contributed by atoms with E-state index in [-0.39, 0.29) is 13.1 Å². The van der Waals surface area contributed by atoms with E-state index in [2.05, 4.69) is 0 Å². The molecule has 0 heterocycles. The Morgan fingerprint density at radius 2 is 1.36 bits per heavy atom. The molecule has 0 bridgehead atoms. The van der Waals surface area contributed by atoms with Crippen molar-refractivity contribution in [2.75, 3.05) is 19.3 Å². The van der Waals surface area contributed by atoms with E-state index < -0.39 is 13.8 Å². The van der Waals surface area contributed by atoms with E-state index in [1.165, 1.54) is 6.92 Å². The maximum absolute atomic E-state index is 12.9. The average Bonchev–Trinajstić information content (AvgIpc) is 1.89. The summed E-state index contributed by atoms with van der Waals surface area (Å²) < 4.78 is 39.3. The summed E-state index contributed by atoms with van der Waals surface area (Å²) in [7, 11) is -5.94. The van der Waals surface area contributed by atoms with Crippen LogP contribution in [-0.4, -0.2) is 23.9 Å². The molecule has 0 aliphatic carbocycles. The minimum atomic E-state index is -5.94. The van der Waals surface area contributed by atoms with Crippen molar-refractivity contribution in [3.8, 4) is 0 Å². The van der Waals surface area contributed by atoms with Crippen LogP contribution >= 0.6 is 7.69 Å². The van der Waals surface area contributed by atoms with Crippen LogP contribution in [0.15, 0.2) is 0 Å². The van der Waals surface area contributed by atoms with Crippen molar-refractivity contribution < 1.29 is 12.6 Å². The molecular weight excluding hydrogens is 174 g/mol. The van der Waals surface area contributed by atoms with E-state index in [0.29, 0.717) is 4.67 Å². The van der Waals surface area contributed by atoms with Gasteiger partial charge in [0.1, 0.15) is 0 Å². The topological polar surface area (TPSA) is 3.24 Å². The number of nitrogens with zero attached hydrogens (tertiary/aromatic N) is 1. The Morgan fingerprint density at radius 3 is 1.45 bits per heavy atom. The molecule has 0 atom stereocenters. The normalized spacial score (nSPS) is 16.5. The van der Waals surface area contributed by atoms with Crippen LogP contribution in [0.1, 0.15) is 20.8 Å². The van der Waals surface area contributed by atoms with Crippen molar-refractivity contribution in [3.63, 3.8) is 0 Å². The third kappa shape index (κ3) is 2.60. The predicted molar refractivity (Wildman–Crippen MR) is 43.7 cm³/mol. The summed E-state index contributed by atoms with van der Waals surface area (Å²) >= 11 is 0. The van der Waals surface area contributed by atoms with Gasteiger partial charge < -0.3 is 0 Å². The Kier molecular flexibility index (Phi) is 3.33. The van der Waals surface area contributed by atoms with Crippen LogP contribution < -0.4 is 0 Å². The second-order valence-electron chi connectivity index (χ2n) is 2.37. The van der Waals surface area contributed by atoms with Crippen LogP contribution in [0.2, 0.25) is 0 Å². The van der Waals surface area contributed by atoms with E-state index >= 15 is 0 Å². The first-order valence-corrected chi connectivity index (χ1v) is 5.82. The summed E-state index contributed by atoms with van der Waals surface area (Å²) in [5.74, 6) is 0. The zero-order chi connectivity index (χ0) is 9.15. The van der Waals surface area contributed by atoms with Crippen LogP contribution in [0.5, 0.6) is 0 Å². The van der Waals surface area contributed by atoms with Crippen molar-refractivity contribution in [3.05, 3.63) is 0 Å². The fourth-order valence-corrected chi connectivity index (χ4v) is 2.39. The van der Waals surface area contributed by atoms with Crippen molar-refractivity contribution >= 4 is 7.69 Å². The molecular formula is C6H15F3NP. The van der Waals surface area contributed by atoms with Crippen molar-refractivity contribution in [1.29, 1.82) is 0 Å². The fourth-order valence-electron chi connectivity index (χ4n) is 0.944. The van der Waals surface area contributed by atoms with Crippen LogP contribution in [0.3, 0.4) is 0 Å². The Hall–Kier alpha value is 0.180. The molecule has 0 amide bonds. The van der Waals surface area contributed by atoms with Gasteiger partial charge in [-0.1, -0.05) is 0 Å². The van der Waals surface area contributed by atoms with Crippen molar-refractivity contribution in [2.24, 2.45) is 0 Å². The molecule has 0 saturated heterocycles. The first kappa shape index (κ1) is 11.2. The zero-order valence-electron chi connectivity index (χ0n) is 7.15. The third-order valence-electron chi connectivity index (χ3n) is 1.75. The summed E-state index contributed by atoms with van der Waals surface area (Å²) in [6, 6.07) is 0. The second kappa shape index (κ2) is 3.28. The van der Waals surface area contributed by atoms with Gasteiger partial charge in [-0.3, -0.25) is 0 Å². The summed E-state index contributed by atoms with van der Waals surface area (Å²) in [5.41, 5.74) is 0. The van der Waals surface area contributed by atoms with Crippen LogP contribution in [-0.2, 0) is 0 Å². The molecule has 0 aromatic carbocycles. The van der Waals surface area contributed by atoms with Gasteiger partial charge >= 0.3 is 65.0 Å². The Bertz CT molecular complexity index is 128. The summed E-state index contributed by atoms with van der Waals surface area (Å²) in [6.07, 6.45) is -0.673. The minimum absolute atomic E-state index is 0.0751. The molecule has 0 saturated carbocycles. The van der Waals surface area contributed by atoms with Gasteiger partial charge in [-0.15, -0.1) is 0 Å². The van der Waals surface area contributed by atoms with Gasteiger partial charge in [0.25, 0.3) is 0 Å². The average molecular weight is 189 g/mol. The van der Waals surface area contributed by atoms with Crippen molar-refractivity contribution in [1.82, 2.24) is 4.67 Å². The van der Waals surface area contributed by atoms with E-state index in [9.17, 15) is 12.6 Å². The molecule has 0 unspecified atom stereocenters. The van der Waals surface area contributed by atoms with E-state index in [1.54, 1.807) is 13.8 Å². The molecule has 0 spiro atoms.